The lowest BCUT2D eigenvalue weighted by Gasteiger charge is -2.52. The van der Waals surface area contributed by atoms with Crippen LogP contribution in [0.25, 0.3) is 33.6 Å². The maximum atomic E-state index is 13.8. The molecule has 4 atom stereocenters. The van der Waals surface area contributed by atoms with Crippen molar-refractivity contribution in [1.29, 1.82) is 0 Å². The van der Waals surface area contributed by atoms with Crippen LogP contribution in [-0.4, -0.2) is 77.1 Å². The van der Waals surface area contributed by atoms with Crippen LogP contribution in [0.4, 0.5) is 0 Å². The second-order valence-corrected chi connectivity index (χ2v) is 15.0. The molecule has 220 valence electrons. The summed E-state index contributed by atoms with van der Waals surface area (Å²) in [7, 11) is -0.0718. The molecule has 4 aliphatic rings. The average Bonchev–Trinajstić information content (AvgIpc) is 3.60. The van der Waals surface area contributed by atoms with Gasteiger partial charge in [-0.1, -0.05) is 0 Å². The molecule has 3 saturated carbocycles. The summed E-state index contributed by atoms with van der Waals surface area (Å²) in [6.07, 6.45) is 5.92. The second-order valence-electron chi connectivity index (χ2n) is 12.7. The van der Waals surface area contributed by atoms with Gasteiger partial charge < -0.3 is 23.5 Å². The first-order valence-corrected chi connectivity index (χ1v) is 16.9. The van der Waals surface area contributed by atoms with Crippen LogP contribution >= 0.6 is 0 Å². The van der Waals surface area contributed by atoms with Gasteiger partial charge in [-0.2, -0.15) is 4.98 Å². The molecular formula is C31H35N5O5S. The number of ether oxygens (including phenoxy) is 2. The lowest BCUT2D eigenvalue weighted by atomic mass is 9.53. The first kappa shape index (κ1) is 26.1. The minimum atomic E-state index is -3.26. The van der Waals surface area contributed by atoms with Crippen molar-refractivity contribution in [2.75, 3.05) is 32.8 Å². The van der Waals surface area contributed by atoms with Gasteiger partial charge in [0.1, 0.15) is 26.8 Å². The summed E-state index contributed by atoms with van der Waals surface area (Å²) in [6, 6.07) is 9.91. The van der Waals surface area contributed by atoms with E-state index in [-0.39, 0.29) is 18.2 Å². The topological polar surface area (TPSA) is 109 Å². The molecule has 11 heteroatoms. The van der Waals surface area contributed by atoms with E-state index in [4.69, 9.17) is 19.4 Å². The molecule has 0 bridgehead atoms. The number of sulfone groups is 1. The number of likely N-dealkylation sites (tertiary alicyclic amines) is 1. The Hall–Kier alpha value is -3.60. The smallest absolute Gasteiger partial charge is 0.254 e. The van der Waals surface area contributed by atoms with E-state index < -0.39 is 9.84 Å². The van der Waals surface area contributed by atoms with Gasteiger partial charge in [0.05, 0.1) is 31.2 Å². The normalized spacial score (nSPS) is 24.5. The lowest BCUT2D eigenvalue weighted by molar-refractivity contribution is -0.0204. The molecule has 8 rings (SSSR count). The Morgan fingerprint density at radius 2 is 1.86 bits per heavy atom. The number of hydrogen-bond donors (Lipinski definition) is 0. The van der Waals surface area contributed by atoms with Crippen molar-refractivity contribution in [3.63, 3.8) is 0 Å². The Labute approximate surface area is 244 Å². The molecule has 1 aromatic carbocycles. The summed E-state index contributed by atoms with van der Waals surface area (Å²) in [6.45, 7) is 1.82. The number of fused-ring (bicyclic) bond motifs is 2. The van der Waals surface area contributed by atoms with Crippen molar-refractivity contribution in [3.8, 4) is 23.1 Å². The van der Waals surface area contributed by atoms with Crippen molar-refractivity contribution in [2.24, 2.45) is 23.7 Å². The zero-order valence-electron chi connectivity index (χ0n) is 24.1. The van der Waals surface area contributed by atoms with E-state index in [0.717, 1.165) is 55.0 Å². The summed E-state index contributed by atoms with van der Waals surface area (Å²) < 4.78 is 40.1. The number of amides is 1. The van der Waals surface area contributed by atoms with E-state index in [1.807, 2.05) is 22.8 Å². The number of rotatable bonds is 9. The zero-order valence-corrected chi connectivity index (χ0v) is 24.9. The van der Waals surface area contributed by atoms with E-state index in [2.05, 4.69) is 15.5 Å². The van der Waals surface area contributed by atoms with Crippen LogP contribution in [0.3, 0.4) is 0 Å². The van der Waals surface area contributed by atoms with E-state index in [9.17, 15) is 13.2 Å². The van der Waals surface area contributed by atoms with Crippen LogP contribution in [0.5, 0.6) is 11.6 Å². The molecule has 4 aromatic rings. The number of carbonyl (C=O) groups excluding carboxylic acids is 1. The van der Waals surface area contributed by atoms with Gasteiger partial charge in [-0.3, -0.25) is 4.79 Å². The van der Waals surface area contributed by atoms with E-state index >= 15 is 0 Å². The fourth-order valence-corrected chi connectivity index (χ4v) is 8.21. The molecule has 10 nitrogen and oxygen atoms in total. The SMILES string of the molecule is COc1ccc2cc(-c3nc4cc(C(=O)N5C[C@H]6CC7C[C@@H]5[C@H]76)cc(OC)c4n3CCS(C)(=O)=O)n(CC3CC3)c2n1. The van der Waals surface area contributed by atoms with Crippen molar-refractivity contribution in [3.05, 3.63) is 35.9 Å². The van der Waals surface area contributed by atoms with Gasteiger partial charge >= 0.3 is 0 Å². The Balaban J connectivity index is 1.29. The monoisotopic (exact) mass is 589 g/mol. The highest BCUT2D eigenvalue weighted by Crippen LogP contribution is 2.60. The van der Waals surface area contributed by atoms with Gasteiger partial charge in [-0.15, -0.1) is 0 Å². The molecule has 0 spiro atoms. The van der Waals surface area contributed by atoms with Crippen LogP contribution in [0.2, 0.25) is 0 Å². The quantitative estimate of drug-likeness (QED) is 0.290. The highest BCUT2D eigenvalue weighted by atomic mass is 32.2. The standard InChI is InChI=1S/C31H35N5O5S/c1-40-25-14-20(31(37)36-16-21-10-19-13-23(36)27(19)21)11-22-28(25)34(8-9-42(3,38)39)30(32-22)24-12-18-6-7-26(41-2)33-29(18)35(24)15-17-4-5-17/h6-7,11-12,14,17,19,21,23,27H,4-5,8-10,13,15-16H2,1-3H3/t19?,21-,23-,27-/m1/s1. The number of nitrogens with zero attached hydrogens (tertiary/aromatic N) is 5. The molecule has 1 amide bonds. The van der Waals surface area contributed by atoms with Gasteiger partial charge in [-0.25, -0.2) is 13.4 Å². The Morgan fingerprint density at radius 1 is 1.02 bits per heavy atom. The minimum Gasteiger partial charge on any atom is -0.494 e. The summed E-state index contributed by atoms with van der Waals surface area (Å²) in [4.78, 5) is 25.7. The summed E-state index contributed by atoms with van der Waals surface area (Å²) >= 11 is 0. The number of aryl methyl sites for hydroxylation is 1. The molecule has 0 N–H and O–H groups in total. The minimum absolute atomic E-state index is 0.0272. The fraction of sp³-hybridized carbons (Fsp3) is 0.516. The van der Waals surface area contributed by atoms with Gasteiger partial charge in [0.2, 0.25) is 5.88 Å². The number of hydrogen-bond acceptors (Lipinski definition) is 7. The van der Waals surface area contributed by atoms with Crippen molar-refractivity contribution in [2.45, 2.75) is 44.8 Å². The lowest BCUT2D eigenvalue weighted by Crippen LogP contribution is -2.53. The molecule has 1 saturated heterocycles. The number of benzene rings is 1. The molecule has 3 aromatic heterocycles. The molecular weight excluding hydrogens is 554 g/mol. The Morgan fingerprint density at radius 3 is 2.55 bits per heavy atom. The zero-order chi connectivity index (χ0) is 28.9. The average molecular weight is 590 g/mol. The molecule has 4 fully saturated rings. The van der Waals surface area contributed by atoms with E-state index in [0.29, 0.717) is 57.8 Å². The first-order chi connectivity index (χ1) is 20.2. The van der Waals surface area contributed by atoms with Crippen LogP contribution in [0.15, 0.2) is 30.3 Å². The predicted molar refractivity (Wildman–Crippen MR) is 159 cm³/mol. The van der Waals surface area contributed by atoms with Crippen LogP contribution in [0, 0.1) is 23.7 Å². The molecule has 42 heavy (non-hydrogen) atoms. The highest BCUT2D eigenvalue weighted by Gasteiger charge is 2.61. The molecule has 1 unspecified atom stereocenters. The third-order valence-electron chi connectivity index (χ3n) is 10.0. The second kappa shape index (κ2) is 9.20. The summed E-state index contributed by atoms with van der Waals surface area (Å²) in [5.41, 5.74) is 3.53. The largest absolute Gasteiger partial charge is 0.494 e. The van der Waals surface area contributed by atoms with E-state index in [1.54, 1.807) is 20.3 Å². The third-order valence-corrected chi connectivity index (χ3v) is 11.0. The summed E-state index contributed by atoms with van der Waals surface area (Å²) in [5, 5.41) is 0.957. The van der Waals surface area contributed by atoms with Crippen LogP contribution in [0.1, 0.15) is 36.0 Å². The number of pyridine rings is 1. The third kappa shape index (κ3) is 4.03. The molecule has 1 aliphatic heterocycles. The van der Waals surface area contributed by atoms with Crippen LogP contribution < -0.4 is 9.47 Å². The van der Waals surface area contributed by atoms with Crippen molar-refractivity contribution in [1.82, 2.24) is 24.0 Å². The highest BCUT2D eigenvalue weighted by molar-refractivity contribution is 7.90. The Kier molecular flexibility index (Phi) is 5.71. The molecule has 3 aliphatic carbocycles. The number of methoxy groups -OCH3 is 2. The number of imidazole rings is 1. The predicted octanol–water partition coefficient (Wildman–Crippen LogP) is 4.01. The fourth-order valence-electron chi connectivity index (χ4n) is 7.70. The maximum absolute atomic E-state index is 13.8. The van der Waals surface area contributed by atoms with Gasteiger partial charge in [0.25, 0.3) is 5.91 Å². The van der Waals surface area contributed by atoms with Gasteiger partial charge in [-0.05, 0) is 73.6 Å². The van der Waals surface area contributed by atoms with Crippen molar-refractivity contribution < 1.29 is 22.7 Å². The number of aromatic nitrogens is 4. The van der Waals surface area contributed by atoms with Gasteiger partial charge in [0, 0.05) is 48.9 Å². The Bertz CT molecular complexity index is 1870. The summed E-state index contributed by atoms with van der Waals surface area (Å²) in [5.74, 6) is 4.35. The van der Waals surface area contributed by atoms with Gasteiger partial charge in [0.15, 0.2) is 5.82 Å². The molecule has 4 heterocycles. The molecule has 0 radical (unpaired) electrons. The first-order valence-electron chi connectivity index (χ1n) is 14.8. The van der Waals surface area contributed by atoms with Crippen molar-refractivity contribution >= 4 is 37.8 Å². The van der Waals surface area contributed by atoms with Crippen LogP contribution in [-0.2, 0) is 22.9 Å². The maximum Gasteiger partial charge on any atom is 0.254 e. The number of carbonyl (C=O) groups is 1. The van der Waals surface area contributed by atoms with E-state index in [1.165, 1.54) is 12.7 Å².